The summed E-state index contributed by atoms with van der Waals surface area (Å²) < 4.78 is 43.9. The predicted octanol–water partition coefficient (Wildman–Crippen LogP) is 4.38. The van der Waals surface area contributed by atoms with Gasteiger partial charge in [0.15, 0.2) is 0 Å². The number of piperazine rings is 1. The van der Waals surface area contributed by atoms with Crippen LogP contribution < -0.4 is 0 Å². The second-order valence-corrected chi connectivity index (χ2v) is 9.17. The first-order valence-corrected chi connectivity index (χ1v) is 12.0. The van der Waals surface area contributed by atoms with Crippen LogP contribution in [0.2, 0.25) is 0 Å². The first-order valence-electron chi connectivity index (χ1n) is 10.8. The number of hydrogen-bond acceptors (Lipinski definition) is 5. The fraction of sp³-hybridized carbons (Fsp3) is 0.417. The van der Waals surface area contributed by atoms with E-state index in [1.807, 2.05) is 6.26 Å². The molecule has 2 fully saturated rings. The van der Waals surface area contributed by atoms with Crippen molar-refractivity contribution in [3.63, 3.8) is 0 Å². The third-order valence-corrected chi connectivity index (χ3v) is 6.89. The quantitative estimate of drug-likeness (QED) is 0.472. The number of benzene rings is 2. The number of nitrogens with zero attached hydrogens (tertiary/aromatic N) is 2. The van der Waals surface area contributed by atoms with Crippen LogP contribution in [-0.4, -0.2) is 54.1 Å². The van der Waals surface area contributed by atoms with Gasteiger partial charge in [-0.15, -0.1) is 11.8 Å². The normalized spacial score (nSPS) is 21.8. The van der Waals surface area contributed by atoms with Gasteiger partial charge in [0.25, 0.3) is 0 Å². The smallest absolute Gasteiger partial charge is 0.416 e. The zero-order valence-corrected chi connectivity index (χ0v) is 19.0. The molecule has 2 aromatic carbocycles. The van der Waals surface area contributed by atoms with E-state index in [-0.39, 0.29) is 12.3 Å². The molecule has 0 aromatic heterocycles. The van der Waals surface area contributed by atoms with Crippen molar-refractivity contribution in [1.29, 1.82) is 0 Å². The van der Waals surface area contributed by atoms with E-state index in [1.54, 1.807) is 16.7 Å². The van der Waals surface area contributed by atoms with Crippen LogP contribution in [0, 0.1) is 5.92 Å². The standard InChI is InChI=1S/C24H25F3N2O3S/c1-33-19-8-2-16(3-9-19)15-28-10-12-29(13-11-28)23(31)20-14-21(30)32-22(20)17-4-6-18(7-5-17)24(25,26)27/h2-9,20,22H,10-15H2,1H3/t20-,22+/m1/s1. The van der Waals surface area contributed by atoms with Gasteiger partial charge in [0, 0.05) is 37.6 Å². The Morgan fingerprint density at radius 1 is 1.03 bits per heavy atom. The Kier molecular flexibility index (Phi) is 6.99. The fourth-order valence-electron chi connectivity index (χ4n) is 4.29. The Morgan fingerprint density at radius 2 is 1.67 bits per heavy atom. The lowest BCUT2D eigenvalue weighted by Crippen LogP contribution is -2.50. The number of ether oxygens (including phenoxy) is 1. The van der Waals surface area contributed by atoms with Crippen LogP contribution in [0.25, 0.3) is 0 Å². The molecule has 0 aliphatic carbocycles. The van der Waals surface area contributed by atoms with E-state index >= 15 is 0 Å². The Balaban J connectivity index is 1.37. The van der Waals surface area contributed by atoms with Gasteiger partial charge < -0.3 is 9.64 Å². The van der Waals surface area contributed by atoms with Crippen molar-refractivity contribution in [3.05, 3.63) is 65.2 Å². The molecule has 0 radical (unpaired) electrons. The molecule has 0 saturated carbocycles. The summed E-state index contributed by atoms with van der Waals surface area (Å²) in [5.74, 6) is -1.42. The van der Waals surface area contributed by atoms with Crippen LogP contribution in [0.3, 0.4) is 0 Å². The minimum atomic E-state index is -4.45. The lowest BCUT2D eigenvalue weighted by Gasteiger charge is -2.36. The van der Waals surface area contributed by atoms with Crippen LogP contribution in [-0.2, 0) is 27.0 Å². The summed E-state index contributed by atoms with van der Waals surface area (Å²) in [6.07, 6.45) is -3.33. The summed E-state index contributed by atoms with van der Waals surface area (Å²) in [6, 6.07) is 12.9. The van der Waals surface area contributed by atoms with Gasteiger partial charge in [-0.3, -0.25) is 14.5 Å². The summed E-state index contributed by atoms with van der Waals surface area (Å²) in [5, 5.41) is 0. The van der Waals surface area contributed by atoms with Crippen molar-refractivity contribution < 1.29 is 27.5 Å². The first-order chi connectivity index (χ1) is 15.7. The number of rotatable bonds is 5. The molecule has 2 saturated heterocycles. The average Bonchev–Trinajstić information content (AvgIpc) is 3.21. The monoisotopic (exact) mass is 478 g/mol. The highest BCUT2D eigenvalue weighted by atomic mass is 32.2. The summed E-state index contributed by atoms with van der Waals surface area (Å²) in [5.41, 5.74) is 0.835. The van der Waals surface area contributed by atoms with E-state index in [4.69, 9.17) is 4.74 Å². The molecule has 0 N–H and O–H groups in total. The molecule has 0 unspecified atom stereocenters. The highest BCUT2D eigenvalue weighted by Crippen LogP contribution is 2.38. The molecule has 0 bridgehead atoms. The number of hydrogen-bond donors (Lipinski definition) is 0. The van der Waals surface area contributed by atoms with E-state index < -0.39 is 29.7 Å². The summed E-state index contributed by atoms with van der Waals surface area (Å²) in [6.45, 7) is 3.29. The first kappa shape index (κ1) is 23.6. The Hall–Kier alpha value is -2.52. The molecule has 5 nitrogen and oxygen atoms in total. The number of halogens is 3. The number of amides is 1. The van der Waals surface area contributed by atoms with E-state index in [1.165, 1.54) is 22.6 Å². The van der Waals surface area contributed by atoms with E-state index in [2.05, 4.69) is 29.2 Å². The van der Waals surface area contributed by atoms with Gasteiger partial charge in [-0.2, -0.15) is 13.2 Å². The second kappa shape index (κ2) is 9.77. The van der Waals surface area contributed by atoms with Gasteiger partial charge in [-0.25, -0.2) is 0 Å². The zero-order chi connectivity index (χ0) is 23.6. The third-order valence-electron chi connectivity index (χ3n) is 6.14. The molecule has 33 heavy (non-hydrogen) atoms. The second-order valence-electron chi connectivity index (χ2n) is 8.29. The van der Waals surface area contributed by atoms with Crippen molar-refractivity contribution in [3.8, 4) is 0 Å². The third kappa shape index (κ3) is 5.52. The molecular weight excluding hydrogens is 453 g/mol. The van der Waals surface area contributed by atoms with Gasteiger partial charge >= 0.3 is 12.1 Å². The molecule has 176 valence electrons. The Bertz CT molecular complexity index is 988. The largest absolute Gasteiger partial charge is 0.457 e. The van der Waals surface area contributed by atoms with Crippen molar-refractivity contribution in [2.75, 3.05) is 32.4 Å². The molecular formula is C24H25F3N2O3S. The Morgan fingerprint density at radius 3 is 2.24 bits per heavy atom. The number of thioether (sulfide) groups is 1. The molecule has 2 aliphatic rings. The molecule has 2 heterocycles. The van der Waals surface area contributed by atoms with Crippen molar-refractivity contribution in [1.82, 2.24) is 9.80 Å². The number of carbonyl (C=O) groups excluding carboxylic acids is 2. The van der Waals surface area contributed by atoms with Gasteiger partial charge in [-0.1, -0.05) is 24.3 Å². The molecule has 2 aromatic rings. The molecule has 4 rings (SSSR count). The minimum Gasteiger partial charge on any atom is -0.457 e. The van der Waals surface area contributed by atoms with E-state index in [0.717, 1.165) is 18.7 Å². The van der Waals surface area contributed by atoms with Crippen molar-refractivity contribution >= 4 is 23.6 Å². The Labute approximate surface area is 194 Å². The minimum absolute atomic E-state index is 0.0630. The van der Waals surface area contributed by atoms with E-state index in [0.29, 0.717) is 31.7 Å². The predicted molar refractivity (Wildman–Crippen MR) is 118 cm³/mol. The maximum Gasteiger partial charge on any atom is 0.416 e. The summed E-state index contributed by atoms with van der Waals surface area (Å²) >= 11 is 1.70. The molecule has 9 heteroatoms. The van der Waals surface area contributed by atoms with Gasteiger partial charge in [-0.05, 0) is 41.6 Å². The van der Waals surface area contributed by atoms with Crippen LogP contribution in [0.1, 0.15) is 29.2 Å². The fourth-order valence-corrected chi connectivity index (χ4v) is 4.70. The molecule has 2 aliphatic heterocycles. The van der Waals surface area contributed by atoms with Crippen molar-refractivity contribution in [2.45, 2.75) is 30.1 Å². The molecule has 1 amide bonds. The summed E-state index contributed by atoms with van der Waals surface area (Å²) in [4.78, 5) is 30.4. The van der Waals surface area contributed by atoms with Crippen LogP contribution in [0.4, 0.5) is 13.2 Å². The lowest BCUT2D eigenvalue weighted by atomic mass is 9.93. The van der Waals surface area contributed by atoms with Gasteiger partial charge in [0.05, 0.1) is 17.9 Å². The highest BCUT2D eigenvalue weighted by Gasteiger charge is 2.43. The number of alkyl halides is 3. The maximum absolute atomic E-state index is 13.2. The SMILES string of the molecule is CSc1ccc(CN2CCN(C(=O)[C@@H]3CC(=O)O[C@H]3c3ccc(C(F)(F)F)cc3)CC2)cc1. The van der Waals surface area contributed by atoms with E-state index in [9.17, 15) is 22.8 Å². The van der Waals surface area contributed by atoms with Crippen LogP contribution >= 0.6 is 11.8 Å². The highest BCUT2D eigenvalue weighted by molar-refractivity contribution is 7.98. The van der Waals surface area contributed by atoms with Crippen LogP contribution in [0.5, 0.6) is 0 Å². The number of cyclic esters (lactones) is 1. The maximum atomic E-state index is 13.2. The topological polar surface area (TPSA) is 49.9 Å². The van der Waals surface area contributed by atoms with Gasteiger partial charge in [0.1, 0.15) is 6.10 Å². The average molecular weight is 479 g/mol. The molecule has 0 spiro atoms. The zero-order valence-electron chi connectivity index (χ0n) is 18.2. The lowest BCUT2D eigenvalue weighted by molar-refractivity contribution is -0.143. The summed E-state index contributed by atoms with van der Waals surface area (Å²) in [7, 11) is 0. The number of esters is 1. The number of carbonyl (C=O) groups is 2. The van der Waals surface area contributed by atoms with Crippen LogP contribution in [0.15, 0.2) is 53.4 Å². The molecule has 2 atom stereocenters. The van der Waals surface area contributed by atoms with Gasteiger partial charge in [0.2, 0.25) is 5.91 Å². The van der Waals surface area contributed by atoms with Crippen molar-refractivity contribution in [2.24, 2.45) is 5.92 Å².